The molecule has 2 aromatic heterocycles. The third-order valence-corrected chi connectivity index (χ3v) is 5.82. The summed E-state index contributed by atoms with van der Waals surface area (Å²) in [5.74, 6) is 1.16. The summed E-state index contributed by atoms with van der Waals surface area (Å²) in [4.78, 5) is 27.4. The Balaban J connectivity index is 1.82. The van der Waals surface area contributed by atoms with Crippen LogP contribution in [0, 0.1) is 12.3 Å². The second-order valence-corrected chi connectivity index (χ2v) is 9.91. The minimum atomic E-state index is -0.495. The van der Waals surface area contributed by atoms with Crippen molar-refractivity contribution >= 4 is 34.6 Å². The normalized spacial score (nSPS) is 12.6. The van der Waals surface area contributed by atoms with Crippen LogP contribution in [0.15, 0.2) is 65.5 Å². The van der Waals surface area contributed by atoms with E-state index in [1.807, 2.05) is 83.1 Å². The number of aryl methyl sites for hydroxylation is 1. The second kappa shape index (κ2) is 10.8. The van der Waals surface area contributed by atoms with Crippen LogP contribution in [0.2, 0.25) is 0 Å². The zero-order chi connectivity index (χ0) is 27.4. The van der Waals surface area contributed by atoms with Gasteiger partial charge in [-0.1, -0.05) is 37.3 Å². The van der Waals surface area contributed by atoms with Gasteiger partial charge in [-0.2, -0.15) is 4.98 Å². The van der Waals surface area contributed by atoms with Crippen molar-refractivity contribution < 1.29 is 4.74 Å². The number of para-hydroxylation sites is 2. The summed E-state index contributed by atoms with van der Waals surface area (Å²) in [7, 11) is 0. The van der Waals surface area contributed by atoms with E-state index in [1.54, 1.807) is 22.8 Å². The molecule has 4 N–H and O–H groups in total. The van der Waals surface area contributed by atoms with Gasteiger partial charge in [-0.15, -0.1) is 0 Å². The first kappa shape index (κ1) is 26.5. The van der Waals surface area contributed by atoms with Crippen LogP contribution in [0.3, 0.4) is 0 Å². The molecule has 1 unspecified atom stereocenters. The fraction of sp³-hybridized carbons (Fsp3) is 0.276. The van der Waals surface area contributed by atoms with E-state index >= 15 is 0 Å². The number of ether oxygens (including phenoxy) is 1. The maximum atomic E-state index is 13.7. The molecule has 4 aromatic rings. The Bertz CT molecular complexity index is 1550. The number of benzene rings is 2. The van der Waals surface area contributed by atoms with E-state index in [1.165, 1.54) is 0 Å². The predicted octanol–water partition coefficient (Wildman–Crippen LogP) is 5.44. The average Bonchev–Trinajstić information content (AvgIpc) is 2.86. The molecule has 0 aliphatic heterocycles. The Morgan fingerprint density at radius 2 is 1.79 bits per heavy atom. The molecule has 9 nitrogen and oxygen atoms in total. The van der Waals surface area contributed by atoms with E-state index in [-0.39, 0.29) is 17.4 Å². The first-order chi connectivity index (χ1) is 18.1. The summed E-state index contributed by atoms with van der Waals surface area (Å²) in [5, 5.41) is 12.2. The molecular formula is C29H33N7O2. The second-order valence-electron chi connectivity index (χ2n) is 9.91. The fourth-order valence-corrected chi connectivity index (χ4v) is 4.16. The maximum Gasteiger partial charge on any atom is 0.266 e. The van der Waals surface area contributed by atoms with E-state index in [0.717, 1.165) is 5.69 Å². The van der Waals surface area contributed by atoms with Gasteiger partial charge in [0.15, 0.2) is 0 Å². The van der Waals surface area contributed by atoms with Crippen molar-refractivity contribution in [3.8, 4) is 5.69 Å². The SMILES string of the molecule is CCC(Nc1nc(N)nc(C)c1C=CC(=N)OC(C)(C)C)c1nc2ccccc2c(=O)n1-c1ccccc1. The zero-order valence-corrected chi connectivity index (χ0v) is 22.3. The summed E-state index contributed by atoms with van der Waals surface area (Å²) in [6.07, 6.45) is 3.90. The van der Waals surface area contributed by atoms with Gasteiger partial charge in [0.25, 0.3) is 5.56 Å². The van der Waals surface area contributed by atoms with Crippen LogP contribution in [0.4, 0.5) is 11.8 Å². The van der Waals surface area contributed by atoms with Gasteiger partial charge in [0.2, 0.25) is 11.8 Å². The quantitative estimate of drug-likeness (QED) is 0.222. The average molecular weight is 512 g/mol. The largest absolute Gasteiger partial charge is 0.472 e. The van der Waals surface area contributed by atoms with Gasteiger partial charge in [-0.05, 0) is 64.5 Å². The highest BCUT2D eigenvalue weighted by Crippen LogP contribution is 2.27. The molecular weight excluding hydrogens is 478 g/mol. The van der Waals surface area contributed by atoms with Gasteiger partial charge in [0.05, 0.1) is 28.3 Å². The van der Waals surface area contributed by atoms with Crippen LogP contribution >= 0.6 is 0 Å². The van der Waals surface area contributed by atoms with Gasteiger partial charge in [-0.25, -0.2) is 9.97 Å². The predicted molar refractivity (Wildman–Crippen MR) is 153 cm³/mol. The van der Waals surface area contributed by atoms with Gasteiger partial charge in [0, 0.05) is 11.6 Å². The number of nitrogens with zero attached hydrogens (tertiary/aromatic N) is 4. The summed E-state index contributed by atoms with van der Waals surface area (Å²) in [6, 6.07) is 16.4. The Morgan fingerprint density at radius 3 is 2.47 bits per heavy atom. The Morgan fingerprint density at radius 1 is 1.11 bits per heavy atom. The van der Waals surface area contributed by atoms with Crippen molar-refractivity contribution in [1.29, 1.82) is 5.41 Å². The molecule has 0 radical (unpaired) electrons. The maximum absolute atomic E-state index is 13.7. The number of nitrogen functional groups attached to an aromatic ring is 1. The molecule has 2 aromatic carbocycles. The molecule has 9 heteroatoms. The number of aromatic nitrogens is 4. The van der Waals surface area contributed by atoms with E-state index in [2.05, 4.69) is 15.3 Å². The smallest absolute Gasteiger partial charge is 0.266 e. The van der Waals surface area contributed by atoms with Crippen molar-refractivity contribution in [2.45, 2.75) is 52.7 Å². The van der Waals surface area contributed by atoms with Gasteiger partial charge in [-0.3, -0.25) is 14.8 Å². The molecule has 38 heavy (non-hydrogen) atoms. The highest BCUT2D eigenvalue weighted by Gasteiger charge is 2.22. The lowest BCUT2D eigenvalue weighted by molar-refractivity contribution is 0.117. The minimum Gasteiger partial charge on any atom is -0.472 e. The minimum absolute atomic E-state index is 0.0147. The molecule has 1 atom stereocenters. The first-order valence-electron chi connectivity index (χ1n) is 12.5. The number of hydrogen-bond acceptors (Lipinski definition) is 8. The lowest BCUT2D eigenvalue weighted by Crippen LogP contribution is -2.28. The van der Waals surface area contributed by atoms with Crippen LogP contribution in [-0.2, 0) is 4.74 Å². The number of anilines is 2. The van der Waals surface area contributed by atoms with Crippen LogP contribution in [0.25, 0.3) is 22.7 Å². The lowest BCUT2D eigenvalue weighted by Gasteiger charge is -2.23. The Labute approximate surface area is 221 Å². The molecule has 0 fully saturated rings. The van der Waals surface area contributed by atoms with Gasteiger partial charge in [0.1, 0.15) is 17.2 Å². The van der Waals surface area contributed by atoms with E-state index < -0.39 is 11.6 Å². The number of rotatable bonds is 7. The van der Waals surface area contributed by atoms with Crippen LogP contribution in [0.5, 0.6) is 0 Å². The van der Waals surface area contributed by atoms with E-state index in [0.29, 0.717) is 40.2 Å². The number of nitrogens with two attached hydrogens (primary N) is 1. The Hall–Kier alpha value is -4.53. The first-order valence-corrected chi connectivity index (χ1v) is 12.5. The molecule has 0 aliphatic rings. The van der Waals surface area contributed by atoms with E-state index in [4.69, 9.17) is 20.9 Å². The molecule has 0 spiro atoms. The molecule has 0 saturated heterocycles. The molecule has 0 amide bonds. The van der Waals surface area contributed by atoms with Gasteiger partial charge >= 0.3 is 0 Å². The van der Waals surface area contributed by atoms with E-state index in [9.17, 15) is 4.79 Å². The number of fused-ring (bicyclic) bond motifs is 1. The standard InChI is InChI=1S/C29H33N7O2/c1-6-22(33-25-20(18(2)32-28(31)35-25)16-17-24(30)38-29(3,4)5)26-34-23-15-11-10-14-21(23)27(37)36(26)19-12-8-7-9-13-19/h7-17,22,30H,6H2,1-5H3,(H3,31,32,33,35). The molecule has 0 aliphatic carbocycles. The monoisotopic (exact) mass is 511 g/mol. The van der Waals surface area contributed by atoms with Crippen LogP contribution in [-0.4, -0.2) is 31.0 Å². The van der Waals surface area contributed by atoms with Crippen molar-refractivity contribution in [3.05, 3.63) is 88.1 Å². The van der Waals surface area contributed by atoms with Crippen molar-refractivity contribution in [2.75, 3.05) is 11.1 Å². The highest BCUT2D eigenvalue weighted by atomic mass is 16.5. The van der Waals surface area contributed by atoms with Crippen molar-refractivity contribution in [3.63, 3.8) is 0 Å². The summed E-state index contributed by atoms with van der Waals surface area (Å²) in [5.41, 5.74) is 8.01. The zero-order valence-electron chi connectivity index (χ0n) is 22.3. The topological polar surface area (TPSA) is 132 Å². The van der Waals surface area contributed by atoms with Gasteiger partial charge < -0.3 is 15.8 Å². The summed E-state index contributed by atoms with van der Waals surface area (Å²) >= 11 is 0. The molecule has 2 heterocycles. The number of nitrogens with one attached hydrogen (secondary N) is 2. The number of hydrogen-bond donors (Lipinski definition) is 3. The third-order valence-electron chi connectivity index (χ3n) is 5.82. The molecule has 0 bridgehead atoms. The third kappa shape index (κ3) is 5.88. The van der Waals surface area contributed by atoms with Crippen molar-refractivity contribution in [1.82, 2.24) is 19.5 Å². The molecule has 196 valence electrons. The molecule has 4 rings (SSSR count). The van der Waals surface area contributed by atoms with Crippen LogP contribution in [0.1, 0.15) is 57.2 Å². The van der Waals surface area contributed by atoms with Crippen LogP contribution < -0.4 is 16.6 Å². The van der Waals surface area contributed by atoms with Crippen molar-refractivity contribution in [2.24, 2.45) is 0 Å². The summed E-state index contributed by atoms with van der Waals surface area (Å²) in [6.45, 7) is 9.48. The Kier molecular flexibility index (Phi) is 7.57. The lowest BCUT2D eigenvalue weighted by atomic mass is 10.1. The fourth-order valence-electron chi connectivity index (χ4n) is 4.16. The molecule has 0 saturated carbocycles. The summed E-state index contributed by atoms with van der Waals surface area (Å²) < 4.78 is 7.26. The highest BCUT2D eigenvalue weighted by molar-refractivity contribution is 5.90.